The first-order chi connectivity index (χ1) is 20.6. The quantitative estimate of drug-likeness (QED) is 0.189. The van der Waals surface area contributed by atoms with Crippen LogP contribution < -0.4 is 28.4 Å². The molecule has 222 valence electrons. The molecule has 6 rings (SSSR count). The van der Waals surface area contributed by atoms with Crippen LogP contribution in [0.15, 0.2) is 102 Å². The van der Waals surface area contributed by atoms with Gasteiger partial charge in [0, 0.05) is 47.4 Å². The molecule has 0 radical (unpaired) electrons. The van der Waals surface area contributed by atoms with Gasteiger partial charge in [0.05, 0.1) is 13.1 Å². The molecule has 0 aliphatic carbocycles. The fourth-order valence-electron chi connectivity index (χ4n) is 5.53. The first kappa shape index (κ1) is 30.7. The van der Waals surface area contributed by atoms with Crippen molar-refractivity contribution in [2.24, 2.45) is 5.92 Å². The smallest absolute Gasteiger partial charge is 0.223 e. The summed E-state index contributed by atoms with van der Waals surface area (Å²) in [7, 11) is 0. The number of aromatic nitrogens is 2. The zero-order chi connectivity index (χ0) is 28.6. The third kappa shape index (κ3) is 8.42. The highest BCUT2D eigenvalue weighted by atomic mass is 35.5. The number of benzene rings is 3. The van der Waals surface area contributed by atoms with Gasteiger partial charge < -0.3 is 32.8 Å². The topological polar surface area (TPSA) is 78.9 Å². The van der Waals surface area contributed by atoms with Gasteiger partial charge >= 0.3 is 0 Å². The maximum Gasteiger partial charge on any atom is 0.223 e. The Kier molecular flexibility index (Phi) is 10.4. The fourth-order valence-corrected chi connectivity index (χ4v) is 6.97. The van der Waals surface area contributed by atoms with Gasteiger partial charge in [-0.15, -0.1) is 22.7 Å². The summed E-state index contributed by atoms with van der Waals surface area (Å²) in [5.74, 6) is 0.180. The molecule has 1 saturated heterocycles. The highest BCUT2D eigenvalue weighted by Gasteiger charge is 2.38. The van der Waals surface area contributed by atoms with Crippen molar-refractivity contribution in [3.8, 4) is 0 Å². The lowest BCUT2D eigenvalue weighted by Crippen LogP contribution is -3.00. The maximum absolute atomic E-state index is 13.1. The minimum Gasteiger partial charge on any atom is -1.00 e. The maximum atomic E-state index is 13.1. The van der Waals surface area contributed by atoms with Crippen LogP contribution in [0, 0.1) is 5.92 Å². The number of carbonyl (C=O) groups is 1. The van der Waals surface area contributed by atoms with Crippen molar-refractivity contribution in [2.75, 3.05) is 23.7 Å². The summed E-state index contributed by atoms with van der Waals surface area (Å²) >= 11 is 3.27. The molecular formula is C33H35ClN6OS2. The lowest BCUT2D eigenvalue weighted by Gasteiger charge is -2.42. The van der Waals surface area contributed by atoms with Crippen LogP contribution in [0.4, 0.5) is 21.6 Å². The predicted octanol–water partition coefficient (Wildman–Crippen LogP) is 4.33. The summed E-state index contributed by atoms with van der Waals surface area (Å²) in [6.07, 6.45) is 1.69. The molecule has 3 heterocycles. The second kappa shape index (κ2) is 14.6. The second-order valence-corrected chi connectivity index (χ2v) is 12.6. The van der Waals surface area contributed by atoms with E-state index in [1.807, 2.05) is 91.0 Å². The highest BCUT2D eigenvalue weighted by Crippen LogP contribution is 2.32. The van der Waals surface area contributed by atoms with Crippen LogP contribution in [0.2, 0.25) is 0 Å². The summed E-state index contributed by atoms with van der Waals surface area (Å²) in [4.78, 5) is 23.0. The van der Waals surface area contributed by atoms with Gasteiger partial charge in [-0.3, -0.25) is 4.79 Å². The third-order valence-corrected chi connectivity index (χ3v) is 9.35. The van der Waals surface area contributed by atoms with E-state index in [0.29, 0.717) is 6.54 Å². The number of nitrogens with zero attached hydrogens (tertiary/aromatic N) is 3. The van der Waals surface area contributed by atoms with E-state index >= 15 is 0 Å². The van der Waals surface area contributed by atoms with Crippen molar-refractivity contribution >= 4 is 50.2 Å². The van der Waals surface area contributed by atoms with E-state index in [9.17, 15) is 4.79 Å². The van der Waals surface area contributed by atoms with Crippen LogP contribution in [0.1, 0.15) is 29.8 Å². The fraction of sp³-hybridized carbons (Fsp3) is 0.242. The molecule has 0 atom stereocenters. The number of quaternary nitrogens is 1. The zero-order valence-electron chi connectivity index (χ0n) is 23.8. The molecule has 1 fully saturated rings. The number of piperidine rings is 1. The van der Waals surface area contributed by atoms with E-state index in [-0.39, 0.29) is 24.2 Å². The number of hydrogen-bond donors (Lipinski definition) is 3. The standard InChI is InChI=1S/C33H34N6OS2.ClH/c40-31(34-20-25-10-4-1-5-11-25)26-16-18-39(19-17-26,21-29-23-41-32(37-29)35-27-12-6-2-7-13-27)22-30-24-42-33(38-30)36-28-14-8-3-9-15-28;/h1-15,23-24,26H,16-22H2,(H2-,34,35,36,37,38,40);1H. The molecule has 5 aromatic rings. The van der Waals surface area contributed by atoms with Gasteiger partial charge in [0.2, 0.25) is 5.91 Å². The number of anilines is 4. The first-order valence-electron chi connectivity index (χ1n) is 14.3. The van der Waals surface area contributed by atoms with Gasteiger partial charge in [0.15, 0.2) is 10.3 Å². The van der Waals surface area contributed by atoms with E-state index in [1.54, 1.807) is 22.7 Å². The number of rotatable bonds is 11. The summed E-state index contributed by atoms with van der Waals surface area (Å²) in [6.45, 7) is 4.00. The summed E-state index contributed by atoms with van der Waals surface area (Å²) in [6, 6.07) is 30.4. The summed E-state index contributed by atoms with van der Waals surface area (Å²) < 4.78 is 0.839. The molecule has 1 aliphatic heterocycles. The van der Waals surface area contributed by atoms with Crippen LogP contribution in [-0.2, 0) is 24.4 Å². The second-order valence-electron chi connectivity index (χ2n) is 10.9. The third-order valence-electron chi connectivity index (χ3n) is 7.73. The number of thiazole rings is 2. The molecule has 43 heavy (non-hydrogen) atoms. The number of carbonyl (C=O) groups excluding carboxylic acids is 1. The number of nitrogens with one attached hydrogen (secondary N) is 3. The number of amides is 1. The minimum atomic E-state index is 0. The molecular weight excluding hydrogens is 596 g/mol. The normalized spacial score (nSPS) is 14.4. The molecule has 0 unspecified atom stereocenters. The lowest BCUT2D eigenvalue weighted by molar-refractivity contribution is -0.958. The molecule has 0 spiro atoms. The Balaban J connectivity index is 0.00000368. The minimum absolute atomic E-state index is 0. The average molecular weight is 631 g/mol. The molecule has 0 bridgehead atoms. The first-order valence-corrected chi connectivity index (χ1v) is 16.1. The van der Waals surface area contributed by atoms with Gasteiger partial charge in [-0.2, -0.15) is 0 Å². The molecule has 10 heteroatoms. The Morgan fingerprint density at radius 3 is 1.67 bits per heavy atom. The number of halogens is 1. The Labute approximate surface area is 267 Å². The van der Waals surface area contributed by atoms with E-state index in [1.165, 1.54) is 0 Å². The van der Waals surface area contributed by atoms with E-state index in [0.717, 1.165) is 82.1 Å². The molecule has 0 saturated carbocycles. The van der Waals surface area contributed by atoms with E-state index < -0.39 is 0 Å². The van der Waals surface area contributed by atoms with Gasteiger partial charge in [-0.05, 0) is 29.8 Å². The summed E-state index contributed by atoms with van der Waals surface area (Å²) in [5, 5.41) is 16.1. The number of para-hydroxylation sites is 2. The van der Waals surface area contributed by atoms with Crippen LogP contribution in [0.3, 0.4) is 0 Å². The van der Waals surface area contributed by atoms with Crippen molar-refractivity contribution in [3.05, 3.63) is 119 Å². The van der Waals surface area contributed by atoms with Crippen LogP contribution >= 0.6 is 22.7 Å². The van der Waals surface area contributed by atoms with Crippen molar-refractivity contribution in [2.45, 2.75) is 32.5 Å². The van der Waals surface area contributed by atoms with E-state index in [4.69, 9.17) is 9.97 Å². The SMILES string of the molecule is O=C(NCc1ccccc1)C1CC[N+](Cc2csc(Nc3ccccc3)n2)(Cc2csc(Nc3ccccc3)n2)CC1.[Cl-]. The molecule has 2 aromatic heterocycles. The molecule has 7 nitrogen and oxygen atoms in total. The number of hydrogen-bond acceptors (Lipinski definition) is 7. The average Bonchev–Trinajstić information content (AvgIpc) is 3.66. The largest absolute Gasteiger partial charge is 1.00 e. The van der Waals surface area contributed by atoms with Gasteiger partial charge in [-0.1, -0.05) is 66.7 Å². The van der Waals surface area contributed by atoms with Crippen LogP contribution in [0.25, 0.3) is 0 Å². The van der Waals surface area contributed by atoms with Crippen molar-refractivity contribution in [3.63, 3.8) is 0 Å². The highest BCUT2D eigenvalue weighted by molar-refractivity contribution is 7.14. The van der Waals surface area contributed by atoms with Gasteiger partial charge in [-0.25, -0.2) is 9.97 Å². The van der Waals surface area contributed by atoms with Gasteiger partial charge in [0.1, 0.15) is 24.5 Å². The molecule has 3 N–H and O–H groups in total. The lowest BCUT2D eigenvalue weighted by atomic mass is 9.93. The zero-order valence-corrected chi connectivity index (χ0v) is 26.2. The Morgan fingerprint density at radius 1 is 0.721 bits per heavy atom. The molecule has 1 amide bonds. The Morgan fingerprint density at radius 2 is 1.19 bits per heavy atom. The van der Waals surface area contributed by atoms with Crippen LogP contribution in [0.5, 0.6) is 0 Å². The summed E-state index contributed by atoms with van der Waals surface area (Å²) in [5.41, 5.74) is 5.33. The molecule has 1 aliphatic rings. The van der Waals surface area contributed by atoms with E-state index in [2.05, 4.69) is 26.7 Å². The molecule has 3 aromatic carbocycles. The van der Waals surface area contributed by atoms with Crippen molar-refractivity contribution < 1.29 is 21.7 Å². The monoisotopic (exact) mass is 630 g/mol. The van der Waals surface area contributed by atoms with Crippen molar-refractivity contribution in [1.29, 1.82) is 0 Å². The van der Waals surface area contributed by atoms with Gasteiger partial charge in [0.25, 0.3) is 0 Å². The Bertz CT molecular complexity index is 1490. The van der Waals surface area contributed by atoms with Crippen molar-refractivity contribution in [1.82, 2.24) is 15.3 Å². The predicted molar refractivity (Wildman–Crippen MR) is 172 cm³/mol. The van der Waals surface area contributed by atoms with Crippen LogP contribution in [-0.4, -0.2) is 33.4 Å². The number of likely N-dealkylation sites (tertiary alicyclic amines) is 1. The Hall–Kier alpha value is -3.76.